The number of hydrogen-bond donors (Lipinski definition) is 0. The fraction of sp³-hybridized carbons (Fsp3) is 0.0732. The quantitative estimate of drug-likeness (QED) is 0.144. The van der Waals surface area contributed by atoms with Gasteiger partial charge in [-0.1, -0.05) is 108 Å². The summed E-state index contributed by atoms with van der Waals surface area (Å²) in [7, 11) is 0. The van der Waals surface area contributed by atoms with Gasteiger partial charge in [0.1, 0.15) is 11.5 Å². The highest BCUT2D eigenvalue weighted by molar-refractivity contribution is 5.92. The van der Waals surface area contributed by atoms with E-state index in [4.69, 9.17) is 9.47 Å². The van der Waals surface area contributed by atoms with Crippen molar-refractivity contribution >= 4 is 11.9 Å². The van der Waals surface area contributed by atoms with Crippen molar-refractivity contribution in [1.82, 2.24) is 0 Å². The van der Waals surface area contributed by atoms with Crippen LogP contribution in [0.25, 0.3) is 11.1 Å². The number of benzene rings is 6. The highest BCUT2D eigenvalue weighted by atomic mass is 16.5. The average molecular weight is 587 g/mol. The summed E-state index contributed by atoms with van der Waals surface area (Å²) >= 11 is 0. The molecule has 0 spiro atoms. The van der Waals surface area contributed by atoms with Gasteiger partial charge in [-0.25, -0.2) is 9.59 Å². The van der Waals surface area contributed by atoms with Crippen molar-refractivity contribution < 1.29 is 19.1 Å². The van der Waals surface area contributed by atoms with Gasteiger partial charge in [0.25, 0.3) is 0 Å². The number of hydrogen-bond acceptors (Lipinski definition) is 4. The molecule has 0 atom stereocenters. The van der Waals surface area contributed by atoms with Crippen molar-refractivity contribution in [2.24, 2.45) is 0 Å². The van der Waals surface area contributed by atoms with Gasteiger partial charge in [-0.15, -0.1) is 0 Å². The lowest BCUT2D eigenvalue weighted by Crippen LogP contribution is -2.28. The third kappa shape index (κ3) is 5.00. The maximum atomic E-state index is 12.9. The molecule has 0 N–H and O–H groups in total. The molecule has 6 aromatic rings. The van der Waals surface area contributed by atoms with Gasteiger partial charge >= 0.3 is 11.9 Å². The highest BCUT2D eigenvalue weighted by Crippen LogP contribution is 2.56. The minimum atomic E-state index is -0.647. The summed E-state index contributed by atoms with van der Waals surface area (Å²) in [6.45, 7) is 3.89. The van der Waals surface area contributed by atoms with Crippen LogP contribution in [0.5, 0.6) is 11.5 Å². The van der Waals surface area contributed by atoms with Crippen LogP contribution in [0, 0.1) is 13.8 Å². The van der Waals surface area contributed by atoms with Gasteiger partial charge in [-0.2, -0.15) is 0 Å². The summed E-state index contributed by atoms with van der Waals surface area (Å²) in [5.41, 5.74) is 9.06. The Kier molecular flexibility index (Phi) is 7.11. The Morgan fingerprint density at radius 1 is 0.467 bits per heavy atom. The Labute approximate surface area is 262 Å². The summed E-state index contributed by atoms with van der Waals surface area (Å²) in [5, 5.41) is 0. The van der Waals surface area contributed by atoms with Gasteiger partial charge in [-0.05, 0) is 95.8 Å². The van der Waals surface area contributed by atoms with Crippen LogP contribution >= 0.6 is 0 Å². The van der Waals surface area contributed by atoms with Crippen molar-refractivity contribution in [2.75, 3.05) is 0 Å². The van der Waals surface area contributed by atoms with Gasteiger partial charge < -0.3 is 9.47 Å². The molecular formula is C41H30O4. The van der Waals surface area contributed by atoms with Gasteiger partial charge in [-0.3, -0.25) is 0 Å². The number of aryl methyl sites for hydroxylation is 2. The Hall–Kier alpha value is -5.74. The summed E-state index contributed by atoms with van der Waals surface area (Å²) in [6.07, 6.45) is 0. The van der Waals surface area contributed by atoms with Crippen LogP contribution in [0.2, 0.25) is 0 Å². The highest BCUT2D eigenvalue weighted by Gasteiger charge is 2.45. The Morgan fingerprint density at radius 2 is 0.867 bits per heavy atom. The predicted molar refractivity (Wildman–Crippen MR) is 176 cm³/mol. The smallest absolute Gasteiger partial charge is 0.343 e. The minimum absolute atomic E-state index is 0.395. The number of rotatable bonds is 6. The summed E-state index contributed by atoms with van der Waals surface area (Å²) in [5.74, 6) is 0.152. The summed E-state index contributed by atoms with van der Waals surface area (Å²) in [6, 6.07) is 47.2. The van der Waals surface area contributed by atoms with Gasteiger partial charge in [0.2, 0.25) is 0 Å². The molecule has 1 aliphatic rings. The zero-order valence-corrected chi connectivity index (χ0v) is 25.0. The van der Waals surface area contributed by atoms with Gasteiger partial charge in [0.05, 0.1) is 16.5 Å². The maximum Gasteiger partial charge on any atom is 0.343 e. The van der Waals surface area contributed by atoms with Crippen LogP contribution in [0.1, 0.15) is 54.1 Å². The van der Waals surface area contributed by atoms with E-state index in [1.807, 2.05) is 98.8 Å². The second-order valence-electron chi connectivity index (χ2n) is 11.4. The topological polar surface area (TPSA) is 52.6 Å². The maximum absolute atomic E-state index is 12.9. The molecule has 0 heterocycles. The summed E-state index contributed by atoms with van der Waals surface area (Å²) in [4.78, 5) is 25.8. The SMILES string of the molecule is Cc1cccc(C(=O)Oc2ccc(C3(c4ccc(OC(=O)c5cccc(C)c5)cc4)c4ccccc4-c4ccccc43)cc2)c1. The van der Waals surface area contributed by atoms with E-state index < -0.39 is 17.4 Å². The van der Waals surface area contributed by atoms with E-state index in [1.165, 1.54) is 0 Å². The molecule has 7 rings (SSSR count). The molecule has 4 heteroatoms. The van der Waals surface area contributed by atoms with Crippen molar-refractivity contribution in [1.29, 1.82) is 0 Å². The van der Waals surface area contributed by atoms with E-state index in [9.17, 15) is 9.59 Å². The third-order valence-corrected chi connectivity index (χ3v) is 8.46. The van der Waals surface area contributed by atoms with Crippen molar-refractivity contribution in [2.45, 2.75) is 19.3 Å². The minimum Gasteiger partial charge on any atom is -0.423 e. The first-order chi connectivity index (χ1) is 21.9. The third-order valence-electron chi connectivity index (χ3n) is 8.46. The lowest BCUT2D eigenvalue weighted by Gasteiger charge is -2.34. The number of fused-ring (bicyclic) bond motifs is 3. The average Bonchev–Trinajstić information content (AvgIpc) is 3.37. The molecule has 0 saturated carbocycles. The molecule has 0 aliphatic heterocycles. The van der Waals surface area contributed by atoms with Crippen LogP contribution < -0.4 is 9.47 Å². The van der Waals surface area contributed by atoms with Gasteiger partial charge in [0.15, 0.2) is 0 Å². The number of esters is 2. The fourth-order valence-electron chi connectivity index (χ4n) is 6.45. The molecule has 4 nitrogen and oxygen atoms in total. The monoisotopic (exact) mass is 586 g/mol. The first-order valence-electron chi connectivity index (χ1n) is 14.9. The first-order valence-corrected chi connectivity index (χ1v) is 14.9. The van der Waals surface area contributed by atoms with E-state index in [1.54, 1.807) is 12.1 Å². The van der Waals surface area contributed by atoms with Crippen LogP contribution in [-0.4, -0.2) is 11.9 Å². The molecule has 0 amide bonds. The molecule has 6 aromatic carbocycles. The normalized spacial score (nSPS) is 12.6. The van der Waals surface area contributed by atoms with E-state index in [0.29, 0.717) is 22.6 Å². The lowest BCUT2D eigenvalue weighted by molar-refractivity contribution is 0.0725. The second-order valence-corrected chi connectivity index (χ2v) is 11.4. The molecule has 0 saturated heterocycles. The van der Waals surface area contributed by atoms with Gasteiger partial charge in [0, 0.05) is 0 Å². The van der Waals surface area contributed by atoms with Crippen molar-refractivity contribution in [3.8, 4) is 22.6 Å². The molecule has 0 aromatic heterocycles. The summed E-state index contributed by atoms with van der Waals surface area (Å²) < 4.78 is 11.5. The predicted octanol–water partition coefficient (Wildman–Crippen LogP) is 9.10. The molecule has 1 aliphatic carbocycles. The van der Waals surface area contributed by atoms with E-state index in [0.717, 1.165) is 44.5 Å². The molecule has 0 fully saturated rings. The molecule has 0 radical (unpaired) electrons. The molecule has 0 unspecified atom stereocenters. The molecule has 45 heavy (non-hydrogen) atoms. The Bertz CT molecular complexity index is 1910. The Balaban J connectivity index is 1.29. The van der Waals surface area contributed by atoms with Crippen LogP contribution in [0.4, 0.5) is 0 Å². The molecular weight excluding hydrogens is 556 g/mol. The van der Waals surface area contributed by atoms with Crippen LogP contribution in [0.3, 0.4) is 0 Å². The number of carbonyl (C=O) groups excluding carboxylic acids is 2. The van der Waals surface area contributed by atoms with Crippen molar-refractivity contribution in [3.05, 3.63) is 190 Å². The zero-order valence-electron chi connectivity index (χ0n) is 25.0. The zero-order chi connectivity index (χ0) is 31.0. The number of ether oxygens (including phenoxy) is 2. The lowest BCUT2D eigenvalue weighted by atomic mass is 9.68. The van der Waals surface area contributed by atoms with E-state index >= 15 is 0 Å². The largest absolute Gasteiger partial charge is 0.423 e. The van der Waals surface area contributed by atoms with Crippen molar-refractivity contribution in [3.63, 3.8) is 0 Å². The first kappa shape index (κ1) is 28.1. The molecule has 0 bridgehead atoms. The van der Waals surface area contributed by atoms with Crippen LogP contribution in [-0.2, 0) is 5.41 Å². The Morgan fingerprint density at radius 3 is 1.27 bits per heavy atom. The standard InChI is InChI=1S/C41H30O4/c1-27-9-7-11-29(25-27)39(42)44-33-21-17-31(18-22-33)41(37-15-5-3-13-35(37)36-14-4-6-16-38(36)41)32-19-23-34(24-20-32)45-40(43)30-12-8-10-28(2)26-30/h3-26H,1-2H3. The van der Waals surface area contributed by atoms with E-state index in [-0.39, 0.29) is 0 Å². The number of carbonyl (C=O) groups is 2. The fourth-order valence-corrected chi connectivity index (χ4v) is 6.45. The molecule has 218 valence electrons. The second kappa shape index (κ2) is 11.4. The van der Waals surface area contributed by atoms with Crippen LogP contribution in [0.15, 0.2) is 146 Å². The van der Waals surface area contributed by atoms with E-state index in [2.05, 4.69) is 48.5 Å².